The molecule has 1 fully saturated rings. The zero-order chi connectivity index (χ0) is 18.4. The van der Waals surface area contributed by atoms with E-state index in [0.717, 1.165) is 31.5 Å². The lowest BCUT2D eigenvalue weighted by atomic mass is 9.96. The number of β-amino-alcohol motifs (C(OH)–C–C–N with tert-alkyl or cyclic N) is 1. The monoisotopic (exact) mass is 425 g/mol. The van der Waals surface area contributed by atoms with Crippen LogP contribution in [0.4, 0.5) is 5.69 Å². The molecule has 7 heteroatoms. The second-order valence-corrected chi connectivity index (χ2v) is 6.97. The first-order valence-electron chi connectivity index (χ1n) is 9.21. The van der Waals surface area contributed by atoms with Gasteiger partial charge in [-0.3, -0.25) is 4.79 Å². The number of hydrogen-bond donors (Lipinski definition) is 3. The van der Waals surface area contributed by atoms with Crippen LogP contribution in [0, 0.1) is 5.92 Å². The van der Waals surface area contributed by atoms with Crippen LogP contribution in [-0.4, -0.2) is 42.1 Å². The Labute approximate surface area is 179 Å². The smallest absolute Gasteiger partial charge is 0.253 e. The minimum absolute atomic E-state index is 0. The lowest BCUT2D eigenvalue weighted by Crippen LogP contribution is -2.40. The molecule has 0 saturated carbocycles. The molecular formula is C21H29Cl2N3O2. The summed E-state index contributed by atoms with van der Waals surface area (Å²) >= 11 is 0. The number of aliphatic hydroxyl groups excluding tert-OH is 1. The summed E-state index contributed by atoms with van der Waals surface area (Å²) in [7, 11) is 0. The van der Waals surface area contributed by atoms with E-state index in [1.165, 1.54) is 0 Å². The fourth-order valence-corrected chi connectivity index (χ4v) is 3.43. The third kappa shape index (κ3) is 6.67. The lowest BCUT2D eigenvalue weighted by molar-refractivity contribution is 0.0852. The number of likely N-dealkylation sites (tertiary alicyclic amines) is 1. The molecule has 0 aliphatic carbocycles. The maximum absolute atomic E-state index is 12.2. The summed E-state index contributed by atoms with van der Waals surface area (Å²) < 4.78 is 0. The maximum atomic E-state index is 12.2. The number of benzene rings is 2. The van der Waals surface area contributed by atoms with E-state index in [-0.39, 0.29) is 30.7 Å². The molecule has 1 amide bonds. The Hall–Kier alpha value is -1.79. The predicted octanol–water partition coefficient (Wildman–Crippen LogP) is 3.29. The molecule has 4 N–H and O–H groups in total. The SMILES string of the molecule is Cl.Cl.Nc1ccccc1C(=O)NCC1CCN(CC(O)c2ccccc2)CC1. The van der Waals surface area contributed by atoms with Gasteiger partial charge in [-0.25, -0.2) is 0 Å². The summed E-state index contributed by atoms with van der Waals surface area (Å²) in [5, 5.41) is 13.4. The Balaban J connectivity index is 0.00000196. The molecule has 0 radical (unpaired) electrons. The van der Waals surface area contributed by atoms with Gasteiger partial charge in [0.1, 0.15) is 0 Å². The molecule has 1 unspecified atom stereocenters. The van der Waals surface area contributed by atoms with Crippen molar-refractivity contribution < 1.29 is 9.90 Å². The summed E-state index contributed by atoms with van der Waals surface area (Å²) in [6.45, 7) is 3.21. The highest BCUT2D eigenvalue weighted by molar-refractivity contribution is 5.99. The molecule has 154 valence electrons. The number of para-hydroxylation sites is 1. The Morgan fingerprint density at radius 3 is 2.32 bits per heavy atom. The van der Waals surface area contributed by atoms with Gasteiger partial charge < -0.3 is 21.1 Å². The van der Waals surface area contributed by atoms with Crippen LogP contribution in [0.15, 0.2) is 54.6 Å². The van der Waals surface area contributed by atoms with Crippen LogP contribution < -0.4 is 11.1 Å². The summed E-state index contributed by atoms with van der Waals surface area (Å²) in [6, 6.07) is 16.9. The second-order valence-electron chi connectivity index (χ2n) is 6.97. The zero-order valence-electron chi connectivity index (χ0n) is 15.8. The van der Waals surface area contributed by atoms with E-state index in [4.69, 9.17) is 5.73 Å². The third-order valence-electron chi connectivity index (χ3n) is 5.08. The topological polar surface area (TPSA) is 78.6 Å². The minimum Gasteiger partial charge on any atom is -0.398 e. The fraction of sp³-hybridized carbons (Fsp3) is 0.381. The van der Waals surface area contributed by atoms with Crippen molar-refractivity contribution in [1.82, 2.24) is 10.2 Å². The molecule has 28 heavy (non-hydrogen) atoms. The van der Waals surface area contributed by atoms with E-state index >= 15 is 0 Å². The Morgan fingerprint density at radius 1 is 1.07 bits per heavy atom. The number of halogens is 2. The summed E-state index contributed by atoms with van der Waals surface area (Å²) in [5.41, 5.74) is 7.86. The van der Waals surface area contributed by atoms with Crippen molar-refractivity contribution in [1.29, 1.82) is 0 Å². The number of hydrogen-bond acceptors (Lipinski definition) is 4. The van der Waals surface area contributed by atoms with Crippen LogP contribution in [0.5, 0.6) is 0 Å². The first kappa shape index (κ1) is 24.2. The van der Waals surface area contributed by atoms with Crippen molar-refractivity contribution >= 4 is 36.4 Å². The van der Waals surface area contributed by atoms with Gasteiger partial charge in [0, 0.05) is 18.8 Å². The van der Waals surface area contributed by atoms with E-state index in [0.29, 0.717) is 30.3 Å². The summed E-state index contributed by atoms with van der Waals surface area (Å²) in [4.78, 5) is 14.5. The average Bonchev–Trinajstić information content (AvgIpc) is 2.68. The number of nitrogens with zero attached hydrogens (tertiary/aromatic N) is 1. The standard InChI is InChI=1S/C21H27N3O2.2ClH/c22-19-9-5-4-8-18(19)21(26)23-14-16-10-12-24(13-11-16)15-20(25)17-6-2-1-3-7-17;;/h1-9,16,20,25H,10-15,22H2,(H,23,26);2*1H. The first-order valence-corrected chi connectivity index (χ1v) is 9.21. The van der Waals surface area contributed by atoms with Gasteiger partial charge in [-0.2, -0.15) is 0 Å². The molecule has 1 aliphatic rings. The molecule has 2 aromatic carbocycles. The van der Waals surface area contributed by atoms with Crippen LogP contribution in [0.1, 0.15) is 34.9 Å². The number of piperidine rings is 1. The molecule has 1 aliphatic heterocycles. The van der Waals surface area contributed by atoms with E-state index in [1.54, 1.807) is 12.1 Å². The molecule has 2 aromatic rings. The first-order chi connectivity index (χ1) is 12.6. The van der Waals surface area contributed by atoms with Crippen LogP contribution >= 0.6 is 24.8 Å². The van der Waals surface area contributed by atoms with Gasteiger partial charge in [-0.1, -0.05) is 42.5 Å². The molecule has 5 nitrogen and oxygen atoms in total. The molecule has 1 saturated heterocycles. The Kier molecular flexibility index (Phi) is 10.3. The van der Waals surface area contributed by atoms with E-state index in [1.807, 2.05) is 42.5 Å². The largest absolute Gasteiger partial charge is 0.398 e. The number of nitrogens with two attached hydrogens (primary N) is 1. The normalized spacial score (nSPS) is 15.8. The van der Waals surface area contributed by atoms with Gasteiger partial charge in [-0.15, -0.1) is 24.8 Å². The van der Waals surface area contributed by atoms with E-state index in [2.05, 4.69) is 10.2 Å². The van der Waals surface area contributed by atoms with Gasteiger partial charge >= 0.3 is 0 Å². The lowest BCUT2D eigenvalue weighted by Gasteiger charge is -2.33. The molecule has 1 atom stereocenters. The molecule has 1 heterocycles. The van der Waals surface area contributed by atoms with Crippen LogP contribution in [0.3, 0.4) is 0 Å². The van der Waals surface area contributed by atoms with E-state index in [9.17, 15) is 9.90 Å². The summed E-state index contributed by atoms with van der Waals surface area (Å²) in [5.74, 6) is 0.360. The van der Waals surface area contributed by atoms with Crippen molar-refractivity contribution in [2.24, 2.45) is 5.92 Å². The van der Waals surface area contributed by atoms with Crippen molar-refractivity contribution in [3.8, 4) is 0 Å². The highest BCUT2D eigenvalue weighted by Gasteiger charge is 2.22. The van der Waals surface area contributed by atoms with Crippen LogP contribution in [0.2, 0.25) is 0 Å². The minimum atomic E-state index is -0.450. The molecule has 0 aromatic heterocycles. The number of anilines is 1. The molecule has 3 rings (SSSR count). The number of nitrogens with one attached hydrogen (secondary N) is 1. The molecule has 0 spiro atoms. The van der Waals surface area contributed by atoms with Gasteiger partial charge in [0.05, 0.1) is 11.7 Å². The van der Waals surface area contributed by atoms with Crippen molar-refractivity contribution in [2.45, 2.75) is 18.9 Å². The maximum Gasteiger partial charge on any atom is 0.253 e. The Bertz CT molecular complexity index is 723. The number of carbonyl (C=O) groups is 1. The summed E-state index contributed by atoms with van der Waals surface area (Å²) in [6.07, 6.45) is 1.59. The zero-order valence-corrected chi connectivity index (χ0v) is 17.4. The highest BCUT2D eigenvalue weighted by Crippen LogP contribution is 2.20. The van der Waals surface area contributed by atoms with Gasteiger partial charge in [-0.05, 0) is 49.5 Å². The fourth-order valence-electron chi connectivity index (χ4n) is 3.43. The van der Waals surface area contributed by atoms with Crippen molar-refractivity contribution in [2.75, 3.05) is 31.9 Å². The van der Waals surface area contributed by atoms with Crippen molar-refractivity contribution in [3.63, 3.8) is 0 Å². The van der Waals surface area contributed by atoms with Gasteiger partial charge in [0.15, 0.2) is 0 Å². The number of rotatable bonds is 6. The highest BCUT2D eigenvalue weighted by atomic mass is 35.5. The van der Waals surface area contributed by atoms with Gasteiger partial charge in [0.25, 0.3) is 5.91 Å². The number of nitrogen functional groups attached to an aromatic ring is 1. The quantitative estimate of drug-likeness (QED) is 0.620. The molecular weight excluding hydrogens is 397 g/mol. The molecule has 0 bridgehead atoms. The van der Waals surface area contributed by atoms with E-state index < -0.39 is 6.10 Å². The Morgan fingerprint density at radius 2 is 1.68 bits per heavy atom. The number of amides is 1. The van der Waals surface area contributed by atoms with Crippen molar-refractivity contribution in [3.05, 3.63) is 65.7 Å². The van der Waals surface area contributed by atoms with Crippen LogP contribution in [-0.2, 0) is 0 Å². The van der Waals surface area contributed by atoms with Crippen LogP contribution in [0.25, 0.3) is 0 Å². The predicted molar refractivity (Wildman–Crippen MR) is 118 cm³/mol. The average molecular weight is 426 g/mol. The number of aliphatic hydroxyl groups is 1. The second kappa shape index (κ2) is 11.9. The van der Waals surface area contributed by atoms with Gasteiger partial charge in [0.2, 0.25) is 0 Å². The third-order valence-corrected chi connectivity index (χ3v) is 5.08. The number of carbonyl (C=O) groups excluding carboxylic acids is 1.